The average Bonchev–Trinajstić information content (AvgIpc) is 2.45. The molecule has 0 fully saturated rings. The van der Waals surface area contributed by atoms with Gasteiger partial charge in [0.15, 0.2) is 0 Å². The lowest BCUT2D eigenvalue weighted by Crippen LogP contribution is -2.11. The third-order valence-electron chi connectivity index (χ3n) is 2.91. The van der Waals surface area contributed by atoms with Crippen LogP contribution in [-0.4, -0.2) is 17.6 Å². The van der Waals surface area contributed by atoms with Crippen LogP contribution in [0, 0.1) is 0 Å². The van der Waals surface area contributed by atoms with E-state index in [1.165, 1.54) is 5.56 Å². The van der Waals surface area contributed by atoms with Crippen LogP contribution in [0.5, 0.6) is 5.75 Å². The lowest BCUT2D eigenvalue weighted by molar-refractivity contribution is 0.242. The molecule has 3 nitrogen and oxygen atoms in total. The number of ether oxygens (including phenoxy) is 1. The Hall–Kier alpha value is -1.87. The predicted molar refractivity (Wildman–Crippen MR) is 82.8 cm³/mol. The van der Waals surface area contributed by atoms with Crippen molar-refractivity contribution in [2.24, 2.45) is 0 Å². The Balaban J connectivity index is 2.22. The van der Waals surface area contributed by atoms with Gasteiger partial charge in [0, 0.05) is 24.5 Å². The topological polar surface area (TPSA) is 34.2 Å². The Morgan fingerprint density at radius 1 is 1.15 bits per heavy atom. The largest absolute Gasteiger partial charge is 0.491 e. The molecule has 3 heteroatoms. The van der Waals surface area contributed by atoms with Crippen LogP contribution in [0.2, 0.25) is 0 Å². The molecule has 0 spiro atoms. The van der Waals surface area contributed by atoms with Gasteiger partial charge in [0.05, 0.1) is 6.10 Å². The summed E-state index contributed by atoms with van der Waals surface area (Å²) in [7, 11) is 0. The Bertz CT molecular complexity index is 552. The molecule has 0 saturated carbocycles. The van der Waals surface area contributed by atoms with E-state index in [4.69, 9.17) is 4.74 Å². The molecule has 0 aliphatic carbocycles. The van der Waals surface area contributed by atoms with Crippen molar-refractivity contribution in [2.45, 2.75) is 33.4 Å². The van der Waals surface area contributed by atoms with Gasteiger partial charge in [-0.2, -0.15) is 0 Å². The van der Waals surface area contributed by atoms with E-state index in [0.29, 0.717) is 0 Å². The first-order chi connectivity index (χ1) is 9.69. The standard InChI is InChI=1S/C17H22N2O/c1-4-18-10-14-8-16(12-19-11-14)15-6-5-7-17(9-15)20-13(2)3/h5-9,11-13,18H,4,10H2,1-3H3. The number of pyridine rings is 1. The zero-order valence-corrected chi connectivity index (χ0v) is 12.4. The summed E-state index contributed by atoms with van der Waals surface area (Å²) in [4.78, 5) is 4.32. The van der Waals surface area contributed by atoms with E-state index in [9.17, 15) is 0 Å². The molecule has 2 rings (SSSR count). The third-order valence-corrected chi connectivity index (χ3v) is 2.91. The number of aromatic nitrogens is 1. The van der Waals surface area contributed by atoms with E-state index in [1.807, 2.05) is 38.4 Å². The van der Waals surface area contributed by atoms with Crippen LogP contribution in [0.25, 0.3) is 11.1 Å². The van der Waals surface area contributed by atoms with E-state index in [-0.39, 0.29) is 6.10 Å². The molecule has 0 atom stereocenters. The van der Waals surface area contributed by atoms with Gasteiger partial charge in [0.25, 0.3) is 0 Å². The van der Waals surface area contributed by atoms with E-state index < -0.39 is 0 Å². The van der Waals surface area contributed by atoms with Crippen molar-refractivity contribution in [2.75, 3.05) is 6.54 Å². The molecule has 0 amide bonds. The van der Waals surface area contributed by atoms with Gasteiger partial charge >= 0.3 is 0 Å². The van der Waals surface area contributed by atoms with E-state index in [2.05, 4.69) is 35.4 Å². The summed E-state index contributed by atoms with van der Waals surface area (Å²) in [6.07, 6.45) is 3.98. The summed E-state index contributed by atoms with van der Waals surface area (Å²) in [5.74, 6) is 0.898. The van der Waals surface area contributed by atoms with Crippen LogP contribution in [0.15, 0.2) is 42.7 Å². The lowest BCUT2D eigenvalue weighted by atomic mass is 10.1. The van der Waals surface area contributed by atoms with Crippen molar-refractivity contribution >= 4 is 0 Å². The maximum atomic E-state index is 5.74. The van der Waals surface area contributed by atoms with Gasteiger partial charge in [0.1, 0.15) is 5.75 Å². The highest BCUT2D eigenvalue weighted by Crippen LogP contribution is 2.24. The van der Waals surface area contributed by atoms with Crippen molar-refractivity contribution < 1.29 is 4.74 Å². The molecule has 0 aliphatic rings. The first-order valence-corrected chi connectivity index (χ1v) is 7.10. The second kappa shape index (κ2) is 7.06. The number of hydrogen-bond acceptors (Lipinski definition) is 3. The number of rotatable bonds is 6. The molecular formula is C17H22N2O. The zero-order valence-electron chi connectivity index (χ0n) is 12.4. The predicted octanol–water partition coefficient (Wildman–Crippen LogP) is 3.65. The molecular weight excluding hydrogens is 248 g/mol. The van der Waals surface area contributed by atoms with Crippen LogP contribution < -0.4 is 10.1 Å². The molecule has 1 heterocycles. The van der Waals surface area contributed by atoms with Crippen LogP contribution in [0.4, 0.5) is 0 Å². The Morgan fingerprint density at radius 3 is 2.75 bits per heavy atom. The zero-order chi connectivity index (χ0) is 14.4. The van der Waals surface area contributed by atoms with Gasteiger partial charge < -0.3 is 10.1 Å². The smallest absolute Gasteiger partial charge is 0.120 e. The number of nitrogens with one attached hydrogen (secondary N) is 1. The van der Waals surface area contributed by atoms with Crippen LogP contribution in [0.3, 0.4) is 0 Å². The molecule has 0 radical (unpaired) electrons. The number of benzene rings is 1. The fraction of sp³-hybridized carbons (Fsp3) is 0.353. The van der Waals surface area contributed by atoms with Crippen molar-refractivity contribution in [3.63, 3.8) is 0 Å². The maximum Gasteiger partial charge on any atom is 0.120 e. The van der Waals surface area contributed by atoms with E-state index >= 15 is 0 Å². The van der Waals surface area contributed by atoms with Gasteiger partial charge in [-0.25, -0.2) is 0 Å². The SMILES string of the molecule is CCNCc1cncc(-c2cccc(OC(C)C)c2)c1. The highest BCUT2D eigenvalue weighted by atomic mass is 16.5. The molecule has 2 aromatic rings. The van der Waals surface area contributed by atoms with E-state index in [0.717, 1.165) is 30.0 Å². The summed E-state index contributed by atoms with van der Waals surface area (Å²) < 4.78 is 5.74. The molecule has 20 heavy (non-hydrogen) atoms. The van der Waals surface area contributed by atoms with Crippen molar-refractivity contribution in [1.29, 1.82) is 0 Å². The lowest BCUT2D eigenvalue weighted by Gasteiger charge is -2.11. The second-order valence-corrected chi connectivity index (χ2v) is 5.06. The van der Waals surface area contributed by atoms with E-state index in [1.54, 1.807) is 0 Å². The third kappa shape index (κ3) is 4.07. The minimum atomic E-state index is 0.184. The van der Waals surface area contributed by atoms with Crippen LogP contribution >= 0.6 is 0 Å². The number of hydrogen-bond donors (Lipinski definition) is 1. The number of nitrogens with zero attached hydrogens (tertiary/aromatic N) is 1. The van der Waals surface area contributed by atoms with Gasteiger partial charge in [-0.3, -0.25) is 4.98 Å². The fourth-order valence-electron chi connectivity index (χ4n) is 2.03. The Labute approximate surface area is 121 Å². The van der Waals surface area contributed by atoms with Gasteiger partial charge in [-0.15, -0.1) is 0 Å². The Kier molecular flexibility index (Phi) is 5.13. The van der Waals surface area contributed by atoms with Crippen LogP contribution in [0.1, 0.15) is 26.3 Å². The van der Waals surface area contributed by atoms with Crippen molar-refractivity contribution in [3.05, 3.63) is 48.3 Å². The summed E-state index contributed by atoms with van der Waals surface area (Å²) in [6.45, 7) is 7.97. The molecule has 1 N–H and O–H groups in total. The molecule has 0 saturated heterocycles. The van der Waals surface area contributed by atoms with Crippen LogP contribution in [-0.2, 0) is 6.54 Å². The fourth-order valence-corrected chi connectivity index (χ4v) is 2.03. The van der Waals surface area contributed by atoms with Gasteiger partial charge in [-0.05, 0) is 49.7 Å². The first kappa shape index (κ1) is 14.5. The van der Waals surface area contributed by atoms with Crippen molar-refractivity contribution in [1.82, 2.24) is 10.3 Å². The molecule has 1 aromatic heterocycles. The molecule has 0 bridgehead atoms. The highest BCUT2D eigenvalue weighted by molar-refractivity contribution is 5.64. The normalized spacial score (nSPS) is 10.8. The maximum absolute atomic E-state index is 5.74. The average molecular weight is 270 g/mol. The molecule has 0 unspecified atom stereocenters. The molecule has 1 aromatic carbocycles. The monoisotopic (exact) mass is 270 g/mol. The second-order valence-electron chi connectivity index (χ2n) is 5.06. The minimum Gasteiger partial charge on any atom is -0.491 e. The highest BCUT2D eigenvalue weighted by Gasteiger charge is 2.03. The summed E-state index contributed by atoms with van der Waals surface area (Å²) >= 11 is 0. The first-order valence-electron chi connectivity index (χ1n) is 7.10. The van der Waals surface area contributed by atoms with Gasteiger partial charge in [0.2, 0.25) is 0 Å². The quantitative estimate of drug-likeness (QED) is 0.870. The summed E-state index contributed by atoms with van der Waals surface area (Å²) in [5, 5.41) is 3.32. The Morgan fingerprint density at radius 2 is 2.00 bits per heavy atom. The van der Waals surface area contributed by atoms with Crippen molar-refractivity contribution in [3.8, 4) is 16.9 Å². The van der Waals surface area contributed by atoms with Gasteiger partial charge in [-0.1, -0.05) is 19.1 Å². The minimum absolute atomic E-state index is 0.184. The summed E-state index contributed by atoms with van der Waals surface area (Å²) in [6, 6.07) is 10.3. The summed E-state index contributed by atoms with van der Waals surface area (Å²) in [5.41, 5.74) is 3.45. The molecule has 0 aliphatic heterocycles. The molecule has 106 valence electrons.